The van der Waals surface area contributed by atoms with Crippen LogP contribution in [-0.4, -0.2) is 54.6 Å². The van der Waals surface area contributed by atoms with Gasteiger partial charge < -0.3 is 14.7 Å². The molecule has 1 aromatic carbocycles. The van der Waals surface area contributed by atoms with E-state index in [1.807, 2.05) is 0 Å². The summed E-state index contributed by atoms with van der Waals surface area (Å²) in [5.41, 5.74) is -0.172. The molecule has 10 heteroatoms. The van der Waals surface area contributed by atoms with E-state index in [0.717, 1.165) is 44.6 Å². The number of carbonyl (C=O) groups excluding carboxylic acids is 1. The van der Waals surface area contributed by atoms with Crippen molar-refractivity contribution in [1.82, 2.24) is 9.88 Å². The number of hydrogen-bond donors (Lipinski definition) is 0. The molecule has 1 aromatic heterocycles. The average Bonchev–Trinajstić information content (AvgIpc) is 3.50. The molecule has 0 N–H and O–H groups in total. The highest BCUT2D eigenvalue weighted by atomic mass is 35.5. The van der Waals surface area contributed by atoms with Crippen LogP contribution in [0.2, 0.25) is 5.02 Å². The van der Waals surface area contributed by atoms with Crippen molar-refractivity contribution in [3.8, 4) is 0 Å². The van der Waals surface area contributed by atoms with Crippen LogP contribution in [0.3, 0.4) is 0 Å². The predicted octanol–water partition coefficient (Wildman–Crippen LogP) is 5.69. The molecule has 3 heterocycles. The number of carbonyl (C=O) groups is 1. The van der Waals surface area contributed by atoms with Crippen LogP contribution < -0.4 is 9.80 Å². The molecule has 0 radical (unpaired) electrons. The van der Waals surface area contributed by atoms with E-state index in [1.54, 1.807) is 15.9 Å². The monoisotopic (exact) mass is 512 g/mol. The number of amides is 1. The van der Waals surface area contributed by atoms with Crippen molar-refractivity contribution in [3.05, 3.63) is 52.4 Å². The molecule has 0 aliphatic carbocycles. The maximum Gasteiger partial charge on any atom is 0.416 e. The summed E-state index contributed by atoms with van der Waals surface area (Å²) in [7, 11) is 0. The third kappa shape index (κ3) is 6.06. The fraction of sp³-hybridized carbons (Fsp3) is 0.520. The van der Waals surface area contributed by atoms with Gasteiger partial charge in [-0.3, -0.25) is 4.79 Å². The van der Waals surface area contributed by atoms with Crippen LogP contribution in [0.5, 0.6) is 0 Å². The van der Waals surface area contributed by atoms with Gasteiger partial charge in [0.25, 0.3) is 0 Å². The van der Waals surface area contributed by atoms with E-state index in [-0.39, 0.29) is 22.4 Å². The van der Waals surface area contributed by atoms with E-state index < -0.39 is 23.6 Å². The molecule has 2 aliphatic rings. The zero-order valence-electron chi connectivity index (χ0n) is 19.6. The third-order valence-corrected chi connectivity index (χ3v) is 6.94. The maximum absolute atomic E-state index is 14.3. The molecule has 190 valence electrons. The van der Waals surface area contributed by atoms with Gasteiger partial charge in [-0.25, -0.2) is 9.37 Å². The number of anilines is 2. The van der Waals surface area contributed by atoms with Gasteiger partial charge in [-0.1, -0.05) is 11.6 Å². The quantitative estimate of drug-likeness (QED) is 0.447. The van der Waals surface area contributed by atoms with Crippen LogP contribution in [-0.2, 0) is 11.0 Å². The van der Waals surface area contributed by atoms with Crippen molar-refractivity contribution >= 4 is 29.0 Å². The van der Waals surface area contributed by atoms with Gasteiger partial charge in [-0.2, -0.15) is 13.2 Å². The van der Waals surface area contributed by atoms with E-state index in [2.05, 4.69) is 9.88 Å². The molecule has 1 amide bonds. The van der Waals surface area contributed by atoms with E-state index >= 15 is 0 Å². The van der Waals surface area contributed by atoms with Crippen LogP contribution in [0.1, 0.15) is 43.4 Å². The summed E-state index contributed by atoms with van der Waals surface area (Å²) >= 11 is 5.86. The minimum Gasteiger partial charge on any atom is -0.345 e. The summed E-state index contributed by atoms with van der Waals surface area (Å²) in [4.78, 5) is 23.6. The van der Waals surface area contributed by atoms with Crippen molar-refractivity contribution in [3.63, 3.8) is 0 Å². The first-order chi connectivity index (χ1) is 16.6. The first-order valence-electron chi connectivity index (χ1n) is 11.9. The average molecular weight is 513 g/mol. The Morgan fingerprint density at radius 2 is 1.89 bits per heavy atom. The molecule has 2 aromatic rings. The Morgan fingerprint density at radius 3 is 2.57 bits per heavy atom. The number of aryl methyl sites for hydroxylation is 1. The van der Waals surface area contributed by atoms with Crippen molar-refractivity contribution in [2.24, 2.45) is 0 Å². The highest BCUT2D eigenvalue weighted by Gasteiger charge is 2.37. The standard InChI is InChI=1S/C25H29ClF4N4O/c1-17-14-18(25(28,29)30)15-23(31-17)34-12-4-6-22(34)24(35)33(13-5-11-32-9-2-3-10-32)19-7-8-20(26)21(27)16-19/h7-8,14-16,22H,2-6,9-13H2,1H3/t22-/m0/s1. The van der Waals surface area contributed by atoms with E-state index in [0.29, 0.717) is 38.0 Å². The molecule has 2 aliphatic heterocycles. The van der Waals surface area contributed by atoms with Gasteiger partial charge in [0.05, 0.1) is 10.6 Å². The zero-order valence-corrected chi connectivity index (χ0v) is 20.4. The smallest absolute Gasteiger partial charge is 0.345 e. The number of pyridine rings is 1. The Bertz CT molecular complexity index is 1060. The fourth-order valence-electron chi connectivity index (χ4n) is 4.92. The van der Waals surface area contributed by atoms with Gasteiger partial charge in [0.2, 0.25) is 5.91 Å². The summed E-state index contributed by atoms with van der Waals surface area (Å²) < 4.78 is 54.5. The summed E-state index contributed by atoms with van der Waals surface area (Å²) in [5, 5.41) is -0.0376. The van der Waals surface area contributed by atoms with Crippen LogP contribution in [0, 0.1) is 12.7 Å². The normalized spacial score (nSPS) is 18.9. The minimum absolute atomic E-state index is 0.0376. The molecule has 2 fully saturated rings. The molecular weight excluding hydrogens is 484 g/mol. The maximum atomic E-state index is 14.3. The molecule has 5 nitrogen and oxygen atoms in total. The molecule has 35 heavy (non-hydrogen) atoms. The SMILES string of the molecule is Cc1cc(C(F)(F)F)cc(N2CCC[C@H]2C(=O)N(CCCN2CCCC2)c2ccc(Cl)c(F)c2)n1. The molecule has 4 rings (SSSR count). The van der Waals surface area contributed by atoms with Gasteiger partial charge in [0.1, 0.15) is 17.7 Å². The highest BCUT2D eigenvalue weighted by molar-refractivity contribution is 6.30. The second-order valence-electron chi connectivity index (χ2n) is 9.20. The van der Waals surface area contributed by atoms with Crippen molar-refractivity contribution < 1.29 is 22.4 Å². The fourth-order valence-corrected chi connectivity index (χ4v) is 5.04. The van der Waals surface area contributed by atoms with Crippen molar-refractivity contribution in [2.45, 2.75) is 51.2 Å². The molecular formula is C25H29ClF4N4O. The summed E-state index contributed by atoms with van der Waals surface area (Å²) in [6.45, 7) is 5.17. The van der Waals surface area contributed by atoms with Gasteiger partial charge in [0.15, 0.2) is 0 Å². The largest absolute Gasteiger partial charge is 0.416 e. The van der Waals surface area contributed by atoms with Crippen LogP contribution in [0.4, 0.5) is 29.1 Å². The molecule has 0 spiro atoms. The first-order valence-corrected chi connectivity index (χ1v) is 12.3. The Balaban J connectivity index is 1.59. The Hall–Kier alpha value is -2.39. The molecule has 0 saturated carbocycles. The summed E-state index contributed by atoms with van der Waals surface area (Å²) in [6.07, 6.45) is -0.372. The van der Waals surface area contributed by atoms with Crippen molar-refractivity contribution in [1.29, 1.82) is 0 Å². The van der Waals surface area contributed by atoms with E-state index in [4.69, 9.17) is 11.6 Å². The van der Waals surface area contributed by atoms with Crippen molar-refractivity contribution in [2.75, 3.05) is 42.5 Å². The second-order valence-corrected chi connectivity index (χ2v) is 9.60. The van der Waals surface area contributed by atoms with Gasteiger partial charge in [-0.15, -0.1) is 0 Å². The molecule has 0 bridgehead atoms. The lowest BCUT2D eigenvalue weighted by Gasteiger charge is -2.32. The second kappa shape index (κ2) is 10.7. The van der Waals surface area contributed by atoms with Crippen LogP contribution in [0.25, 0.3) is 0 Å². The van der Waals surface area contributed by atoms with E-state index in [1.165, 1.54) is 19.1 Å². The number of halogens is 5. The summed E-state index contributed by atoms with van der Waals surface area (Å²) in [5.74, 6) is -0.769. The highest BCUT2D eigenvalue weighted by Crippen LogP contribution is 2.34. The molecule has 0 unspecified atom stereocenters. The Kier molecular flexibility index (Phi) is 7.86. The number of hydrogen-bond acceptors (Lipinski definition) is 4. The number of likely N-dealkylation sites (tertiary alicyclic amines) is 1. The van der Waals surface area contributed by atoms with Crippen LogP contribution >= 0.6 is 11.6 Å². The number of aromatic nitrogens is 1. The number of nitrogens with zero attached hydrogens (tertiary/aromatic N) is 4. The lowest BCUT2D eigenvalue weighted by Crippen LogP contribution is -2.47. The number of rotatable bonds is 7. The zero-order chi connectivity index (χ0) is 25.2. The molecule has 2 saturated heterocycles. The molecule has 1 atom stereocenters. The predicted molar refractivity (Wildman–Crippen MR) is 128 cm³/mol. The Morgan fingerprint density at radius 1 is 1.14 bits per heavy atom. The Labute approximate surface area is 207 Å². The minimum atomic E-state index is -4.51. The third-order valence-electron chi connectivity index (χ3n) is 6.63. The number of alkyl halides is 3. The van der Waals surface area contributed by atoms with Crippen LogP contribution in [0.15, 0.2) is 30.3 Å². The number of benzene rings is 1. The van der Waals surface area contributed by atoms with E-state index in [9.17, 15) is 22.4 Å². The lowest BCUT2D eigenvalue weighted by molar-refractivity contribution is -0.137. The van der Waals surface area contributed by atoms with Gasteiger partial charge >= 0.3 is 6.18 Å². The first kappa shape index (κ1) is 25.7. The van der Waals surface area contributed by atoms with Gasteiger partial charge in [-0.05, 0) is 89.0 Å². The topological polar surface area (TPSA) is 39.7 Å². The summed E-state index contributed by atoms with van der Waals surface area (Å²) in [6, 6.07) is 5.57. The lowest BCUT2D eigenvalue weighted by atomic mass is 10.1. The van der Waals surface area contributed by atoms with Gasteiger partial charge in [0, 0.05) is 24.5 Å².